The van der Waals surface area contributed by atoms with Crippen LogP contribution in [0, 0.1) is 17.0 Å². The largest absolute Gasteiger partial charge is 0.436 e. The lowest BCUT2D eigenvalue weighted by molar-refractivity contribution is -0.519. The molecule has 6 heteroatoms. The number of nitro groups is 1. The van der Waals surface area contributed by atoms with E-state index in [1.54, 1.807) is 10.8 Å². The van der Waals surface area contributed by atoms with Crippen LogP contribution in [0.5, 0.6) is 5.88 Å². The third-order valence-electron chi connectivity index (χ3n) is 5.69. The molecule has 1 aromatic heterocycles. The van der Waals surface area contributed by atoms with Gasteiger partial charge in [0.2, 0.25) is 5.88 Å². The number of para-hydroxylation sites is 1. The summed E-state index contributed by atoms with van der Waals surface area (Å²) < 4.78 is 8.02. The van der Waals surface area contributed by atoms with E-state index in [0.29, 0.717) is 17.3 Å². The number of aromatic nitrogens is 2. The first-order chi connectivity index (χ1) is 15.6. The number of fused-ring (bicyclic) bond motifs is 1. The Bertz CT molecular complexity index is 1280. The van der Waals surface area contributed by atoms with Gasteiger partial charge in [0, 0.05) is 4.92 Å². The van der Waals surface area contributed by atoms with Crippen molar-refractivity contribution in [2.24, 2.45) is 0 Å². The first-order valence-electron chi connectivity index (χ1n) is 10.4. The summed E-state index contributed by atoms with van der Waals surface area (Å²) in [5.74, 6) is 0.282. The van der Waals surface area contributed by atoms with Crippen LogP contribution in [0.1, 0.15) is 28.3 Å². The Kier molecular flexibility index (Phi) is 5.03. The van der Waals surface area contributed by atoms with Gasteiger partial charge in [0.1, 0.15) is 0 Å². The SMILES string of the molecule is Cc1nn(-c2ccccc2)c2c1[C@@H](c1ccccc1)[C@H]([N+](=O)[O-])/C(=C/c1ccccc1)O2. The smallest absolute Gasteiger partial charge is 0.280 e. The molecule has 1 aliphatic rings. The molecule has 2 heterocycles. The molecule has 0 aliphatic carbocycles. The standard InChI is InChI=1S/C26H21N3O3/c1-18-23-24(20-13-7-3-8-14-20)25(29(30)31)22(17-19-11-5-2-6-12-19)32-26(23)28(27-18)21-15-9-4-10-16-21/h2-17,24-25H,1H3/b22-17-/t24-,25-/m1/s1. The number of aryl methyl sites for hydroxylation is 1. The molecule has 2 atom stereocenters. The van der Waals surface area contributed by atoms with Gasteiger partial charge in [-0.05, 0) is 36.3 Å². The van der Waals surface area contributed by atoms with E-state index in [1.165, 1.54) is 0 Å². The Labute approximate surface area is 185 Å². The van der Waals surface area contributed by atoms with Crippen LogP contribution in [-0.2, 0) is 0 Å². The zero-order valence-corrected chi connectivity index (χ0v) is 17.5. The maximum Gasteiger partial charge on any atom is 0.280 e. The van der Waals surface area contributed by atoms with Crippen molar-refractivity contribution in [1.29, 1.82) is 0 Å². The normalized spacial score (nSPS) is 18.7. The third-order valence-corrected chi connectivity index (χ3v) is 5.69. The number of rotatable bonds is 4. The van der Waals surface area contributed by atoms with Gasteiger partial charge < -0.3 is 4.74 Å². The number of hydrogen-bond donors (Lipinski definition) is 0. The first kappa shape index (κ1) is 19.8. The minimum Gasteiger partial charge on any atom is -0.436 e. The van der Waals surface area contributed by atoms with Crippen LogP contribution in [0.25, 0.3) is 11.8 Å². The van der Waals surface area contributed by atoms with Crippen molar-refractivity contribution in [3.8, 4) is 11.6 Å². The molecule has 0 saturated heterocycles. The Morgan fingerprint density at radius 1 is 0.938 bits per heavy atom. The van der Waals surface area contributed by atoms with Crippen molar-refractivity contribution < 1.29 is 9.66 Å². The van der Waals surface area contributed by atoms with E-state index < -0.39 is 12.0 Å². The number of hydrogen-bond acceptors (Lipinski definition) is 4. The summed E-state index contributed by atoms with van der Waals surface area (Å²) in [6, 6.07) is 27.7. The summed E-state index contributed by atoms with van der Waals surface area (Å²) >= 11 is 0. The topological polar surface area (TPSA) is 70.2 Å². The molecule has 0 amide bonds. The molecule has 1 aliphatic heterocycles. The van der Waals surface area contributed by atoms with Crippen LogP contribution < -0.4 is 4.74 Å². The van der Waals surface area contributed by atoms with Crippen LogP contribution >= 0.6 is 0 Å². The molecule has 3 aromatic carbocycles. The highest BCUT2D eigenvalue weighted by Crippen LogP contribution is 2.46. The van der Waals surface area contributed by atoms with Gasteiger partial charge in [-0.15, -0.1) is 0 Å². The molecule has 6 nitrogen and oxygen atoms in total. The van der Waals surface area contributed by atoms with Crippen LogP contribution in [0.4, 0.5) is 0 Å². The average Bonchev–Trinajstić information content (AvgIpc) is 3.16. The van der Waals surface area contributed by atoms with Crippen LogP contribution in [0.2, 0.25) is 0 Å². The fourth-order valence-corrected chi connectivity index (χ4v) is 4.28. The number of benzene rings is 3. The molecular weight excluding hydrogens is 402 g/mol. The molecular formula is C26H21N3O3. The minimum absolute atomic E-state index is 0.255. The van der Waals surface area contributed by atoms with Gasteiger partial charge >= 0.3 is 0 Å². The molecule has 0 saturated carbocycles. The highest BCUT2D eigenvalue weighted by molar-refractivity contribution is 5.58. The zero-order chi connectivity index (χ0) is 22.1. The second-order valence-corrected chi connectivity index (χ2v) is 7.73. The molecule has 32 heavy (non-hydrogen) atoms. The summed E-state index contributed by atoms with van der Waals surface area (Å²) in [6.45, 7) is 1.88. The predicted octanol–water partition coefficient (Wildman–Crippen LogP) is 5.39. The molecule has 0 fully saturated rings. The lowest BCUT2D eigenvalue weighted by atomic mass is 9.82. The molecule has 0 N–H and O–H groups in total. The van der Waals surface area contributed by atoms with Crippen molar-refractivity contribution in [2.45, 2.75) is 18.9 Å². The van der Waals surface area contributed by atoms with Gasteiger partial charge in [-0.2, -0.15) is 5.10 Å². The maximum atomic E-state index is 12.4. The second-order valence-electron chi connectivity index (χ2n) is 7.73. The lowest BCUT2D eigenvalue weighted by Crippen LogP contribution is -2.36. The van der Waals surface area contributed by atoms with Gasteiger partial charge in [-0.1, -0.05) is 78.9 Å². The third kappa shape index (κ3) is 3.46. The van der Waals surface area contributed by atoms with Crippen LogP contribution in [0.3, 0.4) is 0 Å². The van der Waals surface area contributed by atoms with Gasteiger partial charge in [0.15, 0.2) is 5.76 Å². The monoisotopic (exact) mass is 423 g/mol. The quantitative estimate of drug-likeness (QED) is 0.326. The number of ether oxygens (including phenoxy) is 1. The zero-order valence-electron chi connectivity index (χ0n) is 17.5. The van der Waals surface area contributed by atoms with E-state index in [0.717, 1.165) is 22.4 Å². The van der Waals surface area contributed by atoms with E-state index in [4.69, 9.17) is 9.84 Å². The number of nitrogens with zero attached hydrogens (tertiary/aromatic N) is 3. The summed E-state index contributed by atoms with van der Waals surface area (Å²) in [7, 11) is 0. The highest BCUT2D eigenvalue weighted by atomic mass is 16.6. The molecule has 0 bridgehead atoms. The molecule has 5 rings (SSSR count). The fraction of sp³-hybridized carbons (Fsp3) is 0.115. The Hall–Kier alpha value is -4.19. The van der Waals surface area contributed by atoms with E-state index in [1.807, 2.05) is 97.9 Å². The molecule has 0 radical (unpaired) electrons. The van der Waals surface area contributed by atoms with Crippen molar-refractivity contribution >= 4 is 6.08 Å². The lowest BCUT2D eigenvalue weighted by Gasteiger charge is -2.29. The molecule has 0 unspecified atom stereocenters. The van der Waals surface area contributed by atoms with Gasteiger partial charge in [-0.3, -0.25) is 10.1 Å². The predicted molar refractivity (Wildman–Crippen MR) is 122 cm³/mol. The van der Waals surface area contributed by atoms with Crippen molar-refractivity contribution in [1.82, 2.24) is 9.78 Å². The maximum absolute atomic E-state index is 12.4. The Morgan fingerprint density at radius 3 is 2.16 bits per heavy atom. The van der Waals surface area contributed by atoms with Crippen molar-refractivity contribution in [2.75, 3.05) is 0 Å². The first-order valence-corrected chi connectivity index (χ1v) is 10.4. The summed E-state index contributed by atoms with van der Waals surface area (Å²) in [6.07, 6.45) is 1.75. The van der Waals surface area contributed by atoms with E-state index in [-0.39, 0.29) is 4.92 Å². The summed E-state index contributed by atoms with van der Waals surface area (Å²) in [4.78, 5) is 12.1. The van der Waals surface area contributed by atoms with E-state index in [9.17, 15) is 10.1 Å². The van der Waals surface area contributed by atoms with E-state index >= 15 is 0 Å². The summed E-state index contributed by atoms with van der Waals surface area (Å²) in [5.41, 5.74) is 3.98. The van der Waals surface area contributed by atoms with Crippen LogP contribution in [0.15, 0.2) is 96.8 Å². The van der Waals surface area contributed by atoms with Gasteiger partial charge in [0.05, 0.1) is 22.9 Å². The highest BCUT2D eigenvalue weighted by Gasteiger charge is 2.47. The van der Waals surface area contributed by atoms with Crippen LogP contribution in [-0.4, -0.2) is 20.7 Å². The molecule has 0 spiro atoms. The Balaban J connectivity index is 1.77. The Morgan fingerprint density at radius 2 is 1.53 bits per heavy atom. The molecule has 4 aromatic rings. The summed E-state index contributed by atoms with van der Waals surface area (Å²) in [5, 5.41) is 17.1. The minimum atomic E-state index is -1.07. The molecule has 158 valence electrons. The second kappa shape index (κ2) is 8.15. The van der Waals surface area contributed by atoms with Gasteiger partial charge in [0.25, 0.3) is 6.04 Å². The van der Waals surface area contributed by atoms with Crippen molar-refractivity contribution in [3.63, 3.8) is 0 Å². The van der Waals surface area contributed by atoms with E-state index in [2.05, 4.69) is 0 Å². The fourth-order valence-electron chi connectivity index (χ4n) is 4.28. The van der Waals surface area contributed by atoms with Crippen molar-refractivity contribution in [3.05, 3.63) is 129 Å². The average molecular weight is 423 g/mol. The van der Waals surface area contributed by atoms with Gasteiger partial charge in [-0.25, -0.2) is 4.68 Å².